The highest BCUT2D eigenvalue weighted by molar-refractivity contribution is 6.32. The molecule has 0 saturated carbocycles. The summed E-state index contributed by atoms with van der Waals surface area (Å²) in [4.78, 5) is 106. The largest absolute Gasteiger partial charge is 0.504 e. The molecular weight excluding hydrogens is 926 g/mol. The highest BCUT2D eigenvalue weighted by Gasteiger charge is 2.53. The zero-order chi connectivity index (χ0) is 50.4. The first kappa shape index (κ1) is 52.2. The molecule has 2 heterocycles. The van der Waals surface area contributed by atoms with E-state index in [-0.39, 0.29) is 111 Å². The van der Waals surface area contributed by atoms with Crippen LogP contribution in [0.25, 0.3) is 0 Å². The number of carbonyl (C=O) groups is 8. The van der Waals surface area contributed by atoms with Crippen LogP contribution in [0, 0.1) is 0 Å². The Morgan fingerprint density at radius 1 is 0.667 bits per heavy atom. The third kappa shape index (κ3) is 13.5. The first-order valence-electron chi connectivity index (χ1n) is 22.1. The van der Waals surface area contributed by atoms with Crippen molar-refractivity contribution < 1.29 is 74.1 Å². The number of phenolic OH excluding ortho intramolecular Hbond substituents is 6. The second kappa shape index (κ2) is 24.3. The minimum absolute atomic E-state index is 0.00260. The number of nitrogens with zero attached hydrogens (tertiary/aromatic N) is 2. The van der Waals surface area contributed by atoms with E-state index < -0.39 is 94.0 Å². The number of hydrogen-bond acceptors (Lipinski definition) is 14. The molecule has 0 aromatic heterocycles. The molecule has 3 aromatic rings. The summed E-state index contributed by atoms with van der Waals surface area (Å²) in [6.45, 7) is 0.743. The number of aliphatic carboxylic acids is 1. The van der Waals surface area contributed by atoms with Crippen LogP contribution in [0.15, 0.2) is 65.3 Å². The predicted octanol–water partition coefficient (Wildman–Crippen LogP) is 1.97. The fourth-order valence-corrected chi connectivity index (χ4v) is 8.02. The van der Waals surface area contributed by atoms with Crippen LogP contribution in [0.1, 0.15) is 95.3 Å². The van der Waals surface area contributed by atoms with Gasteiger partial charge >= 0.3 is 5.97 Å². The summed E-state index contributed by atoms with van der Waals surface area (Å²) in [7, 11) is 0. The average Bonchev–Trinajstić information content (AvgIpc) is 3.31. The number of nitrogens with one attached hydrogen (secondary N) is 5. The molecule has 7 amide bonds. The second-order valence-electron chi connectivity index (χ2n) is 16.2. The Balaban J connectivity index is 1.11. The van der Waals surface area contributed by atoms with Crippen molar-refractivity contribution in [1.29, 1.82) is 0 Å². The number of aromatic hydroxyl groups is 6. The van der Waals surface area contributed by atoms with Gasteiger partial charge in [0.05, 0.1) is 22.7 Å². The lowest BCUT2D eigenvalue weighted by molar-refractivity contribution is -0.156. The van der Waals surface area contributed by atoms with Gasteiger partial charge in [0.15, 0.2) is 34.5 Å². The third-order valence-electron chi connectivity index (χ3n) is 11.5. The van der Waals surface area contributed by atoms with Crippen LogP contribution in [-0.2, 0) is 24.0 Å². The number of rotatable bonds is 24. The van der Waals surface area contributed by atoms with Gasteiger partial charge in [0.2, 0.25) is 17.7 Å². The molecule has 0 spiro atoms. The van der Waals surface area contributed by atoms with Gasteiger partial charge in [0.1, 0.15) is 17.8 Å². The summed E-state index contributed by atoms with van der Waals surface area (Å²) in [6.07, 6.45) is 1.67. The van der Waals surface area contributed by atoms with E-state index in [1.54, 1.807) is 0 Å². The van der Waals surface area contributed by atoms with Crippen LogP contribution < -0.4 is 26.6 Å². The SMILES string of the molecule is O=C(CCC(=O)N(CCCCNC(=O)c1cccc(O)c1O)CCCNC(=O)c1cccc(O)c1O)NCCCC[C@H](NC(=O)c1cccc(O)c1O)C(=O)N[C@@H]1C(=O)N2C(C(=O)O)=C(Cl)CC[C@H]12. The number of benzene rings is 3. The number of hydrogen-bond donors (Lipinski definition) is 12. The van der Waals surface area contributed by atoms with Gasteiger partial charge in [-0.25, -0.2) is 4.79 Å². The number of β-lactam (4-membered cyclic amide) rings is 1. The van der Waals surface area contributed by atoms with Crippen LogP contribution >= 0.6 is 11.6 Å². The Morgan fingerprint density at radius 3 is 1.74 bits per heavy atom. The van der Waals surface area contributed by atoms with Gasteiger partial charge in [-0.05, 0) is 87.8 Å². The van der Waals surface area contributed by atoms with Gasteiger partial charge in [-0.2, -0.15) is 0 Å². The maximum atomic E-state index is 13.6. The fraction of sp³-hybridized carbons (Fsp3) is 0.391. The van der Waals surface area contributed by atoms with Crippen LogP contribution in [0.4, 0.5) is 0 Å². The summed E-state index contributed by atoms with van der Waals surface area (Å²) >= 11 is 6.08. The van der Waals surface area contributed by atoms with E-state index in [9.17, 15) is 74.1 Å². The molecule has 3 atom stereocenters. The Labute approximate surface area is 399 Å². The molecule has 0 bridgehead atoms. The molecule has 3 aromatic carbocycles. The summed E-state index contributed by atoms with van der Waals surface area (Å²) in [6, 6.07) is 8.55. The summed E-state index contributed by atoms with van der Waals surface area (Å²) < 4.78 is 0. The van der Waals surface area contributed by atoms with Crippen LogP contribution in [0.3, 0.4) is 0 Å². The van der Waals surface area contributed by atoms with Gasteiger partial charge < -0.3 is 67.2 Å². The Kier molecular flexibility index (Phi) is 18.4. The number of unbranched alkanes of at least 4 members (excludes halogenated alkanes) is 2. The summed E-state index contributed by atoms with van der Waals surface area (Å²) in [5, 5.41) is 82.4. The fourth-order valence-electron chi connectivity index (χ4n) is 7.74. The molecule has 12 N–H and O–H groups in total. The smallest absolute Gasteiger partial charge is 0.353 e. The molecule has 23 heteroatoms. The monoisotopic (exact) mass is 979 g/mol. The van der Waals surface area contributed by atoms with Crippen LogP contribution in [0.2, 0.25) is 0 Å². The Morgan fingerprint density at radius 2 is 1.17 bits per heavy atom. The maximum Gasteiger partial charge on any atom is 0.353 e. The minimum atomic E-state index is -1.39. The van der Waals surface area contributed by atoms with Crippen molar-refractivity contribution in [2.45, 2.75) is 82.3 Å². The standard InChI is InChI=1S/C46H54ClN7O15/c47-28-16-17-30-36(45(67)54(30)37(28)46(68)69)52-44(66)29(51-43(65)27-11-7-15-33(57)40(27)62)12-1-2-20-48-34(58)18-19-35(59)53(24-8-22-50-42(64)26-10-6-14-32(56)39(26)61)23-4-3-21-49-41(63)25-9-5-13-31(55)38(25)60/h5-7,9-11,13-15,29-30,36,55-57,60-62H,1-4,8,12,16-24H2,(H,48,58)(H,49,63)(H,50,64)(H,51,65)(H,52,66)(H,68,69)/t29-,30+,36-/m0/s1. The maximum absolute atomic E-state index is 13.6. The van der Waals surface area contributed by atoms with Gasteiger partial charge in [0, 0.05) is 50.6 Å². The number of fused-ring (bicyclic) bond motifs is 1. The summed E-state index contributed by atoms with van der Waals surface area (Å²) in [5.74, 6) is -9.22. The molecular formula is C46H54ClN7O15. The number of para-hydroxylation sites is 3. The zero-order valence-electron chi connectivity index (χ0n) is 37.2. The van der Waals surface area contributed by atoms with Crippen molar-refractivity contribution in [3.63, 3.8) is 0 Å². The van der Waals surface area contributed by atoms with E-state index >= 15 is 0 Å². The lowest BCUT2D eigenvalue weighted by Gasteiger charge is -2.49. The molecule has 5 rings (SSSR count). The van der Waals surface area contributed by atoms with Crippen molar-refractivity contribution in [2.24, 2.45) is 0 Å². The van der Waals surface area contributed by atoms with Gasteiger partial charge in [-0.15, -0.1) is 0 Å². The van der Waals surface area contributed by atoms with E-state index in [4.69, 9.17) is 11.6 Å². The highest BCUT2D eigenvalue weighted by atomic mass is 35.5. The van der Waals surface area contributed by atoms with Crippen molar-refractivity contribution >= 4 is 58.9 Å². The first-order valence-corrected chi connectivity index (χ1v) is 22.5. The van der Waals surface area contributed by atoms with Crippen LogP contribution in [-0.4, -0.2) is 144 Å². The molecule has 370 valence electrons. The van der Waals surface area contributed by atoms with E-state index in [0.29, 0.717) is 19.3 Å². The Hall–Kier alpha value is -7.75. The molecule has 2 aliphatic rings. The number of allylic oxidation sites excluding steroid dienone is 1. The number of phenols is 6. The quantitative estimate of drug-likeness (QED) is 0.0347. The number of carbonyl (C=O) groups excluding carboxylic acids is 7. The lowest BCUT2D eigenvalue weighted by atomic mass is 9.86. The van der Waals surface area contributed by atoms with E-state index in [1.807, 2.05) is 0 Å². The molecule has 0 radical (unpaired) electrons. The highest BCUT2D eigenvalue weighted by Crippen LogP contribution is 2.38. The van der Waals surface area contributed by atoms with Crippen molar-refractivity contribution in [3.8, 4) is 34.5 Å². The summed E-state index contributed by atoms with van der Waals surface area (Å²) in [5.41, 5.74) is -0.945. The third-order valence-corrected chi connectivity index (χ3v) is 11.8. The molecule has 1 fully saturated rings. The molecule has 2 aliphatic heterocycles. The molecule has 22 nitrogen and oxygen atoms in total. The van der Waals surface area contributed by atoms with Crippen molar-refractivity contribution in [2.75, 3.05) is 32.7 Å². The topological polar surface area (TPSA) is 345 Å². The molecule has 69 heavy (non-hydrogen) atoms. The first-order chi connectivity index (χ1) is 32.9. The van der Waals surface area contributed by atoms with Gasteiger partial charge in [0.25, 0.3) is 23.6 Å². The second-order valence-corrected chi connectivity index (χ2v) is 16.7. The van der Waals surface area contributed by atoms with Crippen molar-refractivity contribution in [1.82, 2.24) is 36.4 Å². The Bertz CT molecular complexity index is 2480. The minimum Gasteiger partial charge on any atom is -0.504 e. The lowest BCUT2D eigenvalue weighted by Crippen LogP contribution is -2.72. The van der Waals surface area contributed by atoms with E-state index in [2.05, 4.69) is 26.6 Å². The van der Waals surface area contributed by atoms with Crippen molar-refractivity contribution in [3.05, 3.63) is 82.0 Å². The zero-order valence-corrected chi connectivity index (χ0v) is 38.0. The van der Waals surface area contributed by atoms with Gasteiger partial charge in [-0.3, -0.25) is 38.5 Å². The number of amides is 7. The predicted molar refractivity (Wildman–Crippen MR) is 244 cm³/mol. The number of halogens is 1. The number of carboxylic acid groups (broad SMARTS) is 1. The van der Waals surface area contributed by atoms with E-state index in [1.165, 1.54) is 53.4 Å². The van der Waals surface area contributed by atoms with Crippen LogP contribution in [0.5, 0.6) is 34.5 Å². The van der Waals surface area contributed by atoms with Gasteiger partial charge in [-0.1, -0.05) is 29.8 Å². The van der Waals surface area contributed by atoms with E-state index in [0.717, 1.165) is 11.0 Å². The normalized spacial score (nSPS) is 15.5. The molecule has 0 aliphatic carbocycles. The molecule has 0 unspecified atom stereocenters. The number of carboxylic acids is 1. The molecule has 1 saturated heterocycles. The average molecular weight is 980 g/mol.